The van der Waals surface area contributed by atoms with E-state index in [-0.39, 0.29) is 30.4 Å². The number of aliphatic hydroxyl groups is 2. The molecular formula is C21H25NO5. The molecule has 0 saturated carbocycles. The summed E-state index contributed by atoms with van der Waals surface area (Å²) in [6.45, 7) is -0.421. The van der Waals surface area contributed by atoms with Gasteiger partial charge in [-0.25, -0.2) is 0 Å². The number of fused-ring (bicyclic) bond motifs is 3. The Bertz CT molecular complexity index is 910. The van der Waals surface area contributed by atoms with Crippen molar-refractivity contribution in [3.8, 4) is 22.6 Å². The Labute approximate surface area is 158 Å². The van der Waals surface area contributed by atoms with E-state index in [0.29, 0.717) is 16.9 Å². The maximum atomic E-state index is 12.5. The Balaban J connectivity index is 2.43. The van der Waals surface area contributed by atoms with Crippen LogP contribution in [-0.2, 0) is 19.6 Å². The van der Waals surface area contributed by atoms with Crippen molar-refractivity contribution in [2.75, 3.05) is 21.3 Å². The summed E-state index contributed by atoms with van der Waals surface area (Å²) in [6, 6.07) is 7.06. The zero-order valence-electron chi connectivity index (χ0n) is 15.8. The summed E-state index contributed by atoms with van der Waals surface area (Å²) < 4.78 is 10.9. The summed E-state index contributed by atoms with van der Waals surface area (Å²) in [5, 5.41) is 22.9. The number of aliphatic hydroxyl groups excluding tert-OH is 2. The number of ether oxygens (including phenoxy) is 2. The quantitative estimate of drug-likeness (QED) is 0.744. The van der Waals surface area contributed by atoms with Crippen molar-refractivity contribution in [1.29, 1.82) is 0 Å². The summed E-state index contributed by atoms with van der Waals surface area (Å²) in [7, 11) is 4.90. The molecule has 27 heavy (non-hydrogen) atoms. The molecule has 1 atom stereocenters. The van der Waals surface area contributed by atoms with Crippen LogP contribution < -0.4 is 20.2 Å². The topological polar surface area (TPSA) is 88.0 Å². The Morgan fingerprint density at radius 1 is 1.15 bits per heavy atom. The molecule has 0 fully saturated rings. The van der Waals surface area contributed by atoms with Crippen LogP contribution in [0.5, 0.6) is 11.5 Å². The number of hydrogen-bond donors (Lipinski definition) is 3. The Morgan fingerprint density at radius 3 is 2.52 bits per heavy atom. The van der Waals surface area contributed by atoms with Gasteiger partial charge in [0, 0.05) is 17.2 Å². The fourth-order valence-electron chi connectivity index (χ4n) is 3.91. The lowest BCUT2D eigenvalue weighted by Gasteiger charge is -2.19. The molecule has 0 amide bonds. The van der Waals surface area contributed by atoms with Gasteiger partial charge in [-0.2, -0.15) is 0 Å². The molecule has 1 aliphatic rings. The van der Waals surface area contributed by atoms with Crippen LogP contribution in [-0.4, -0.2) is 31.5 Å². The van der Waals surface area contributed by atoms with Crippen molar-refractivity contribution in [1.82, 2.24) is 5.32 Å². The molecule has 0 aliphatic heterocycles. The Morgan fingerprint density at radius 2 is 1.93 bits per heavy atom. The molecule has 1 unspecified atom stereocenters. The second-order valence-corrected chi connectivity index (χ2v) is 6.56. The van der Waals surface area contributed by atoms with Crippen LogP contribution in [0.25, 0.3) is 11.1 Å². The SMILES string of the molecule is CNC1CCc2cc(CO)c(CO)c(OC)c2-c2ccc(OC)c(=O)cc21. The van der Waals surface area contributed by atoms with Gasteiger partial charge in [0.25, 0.3) is 0 Å². The lowest BCUT2D eigenvalue weighted by molar-refractivity contribution is 0.254. The summed E-state index contributed by atoms with van der Waals surface area (Å²) in [5.74, 6) is 0.808. The number of benzene rings is 1. The zero-order chi connectivity index (χ0) is 19.6. The van der Waals surface area contributed by atoms with E-state index >= 15 is 0 Å². The third kappa shape index (κ3) is 3.32. The predicted octanol–water partition coefficient (Wildman–Crippen LogP) is 1.92. The lowest BCUT2D eigenvalue weighted by Crippen LogP contribution is -2.17. The molecule has 6 heteroatoms. The molecule has 0 saturated heterocycles. The van der Waals surface area contributed by atoms with Gasteiger partial charge in [0.2, 0.25) is 5.43 Å². The van der Waals surface area contributed by atoms with Crippen molar-refractivity contribution in [2.45, 2.75) is 32.1 Å². The highest BCUT2D eigenvalue weighted by molar-refractivity contribution is 5.80. The molecule has 2 aromatic rings. The van der Waals surface area contributed by atoms with E-state index in [9.17, 15) is 15.0 Å². The predicted molar refractivity (Wildman–Crippen MR) is 103 cm³/mol. The third-order valence-electron chi connectivity index (χ3n) is 5.25. The number of aryl methyl sites for hydroxylation is 1. The molecule has 6 nitrogen and oxygen atoms in total. The van der Waals surface area contributed by atoms with Gasteiger partial charge in [-0.1, -0.05) is 12.1 Å². The van der Waals surface area contributed by atoms with E-state index in [1.54, 1.807) is 19.2 Å². The van der Waals surface area contributed by atoms with E-state index in [2.05, 4.69) is 5.32 Å². The molecule has 2 aromatic carbocycles. The highest BCUT2D eigenvalue weighted by atomic mass is 16.5. The minimum Gasteiger partial charge on any atom is -0.496 e. The van der Waals surface area contributed by atoms with Crippen molar-refractivity contribution < 1.29 is 19.7 Å². The number of methoxy groups -OCH3 is 2. The minimum atomic E-state index is -0.244. The summed E-state index contributed by atoms with van der Waals surface area (Å²) in [6.07, 6.45) is 1.54. The maximum Gasteiger partial charge on any atom is 0.220 e. The molecule has 3 N–H and O–H groups in total. The van der Waals surface area contributed by atoms with Crippen LogP contribution in [0.4, 0.5) is 0 Å². The number of nitrogens with one attached hydrogen (secondary N) is 1. The molecule has 1 aliphatic carbocycles. The summed E-state index contributed by atoms with van der Waals surface area (Å²) in [4.78, 5) is 12.5. The van der Waals surface area contributed by atoms with Gasteiger partial charge in [-0.05, 0) is 54.3 Å². The van der Waals surface area contributed by atoms with Gasteiger partial charge >= 0.3 is 0 Å². The normalized spacial score (nSPS) is 15.5. The van der Waals surface area contributed by atoms with Gasteiger partial charge < -0.3 is 25.0 Å². The molecule has 144 valence electrons. The van der Waals surface area contributed by atoms with Crippen LogP contribution >= 0.6 is 0 Å². The monoisotopic (exact) mass is 371 g/mol. The first-order valence-electron chi connectivity index (χ1n) is 8.92. The average molecular weight is 371 g/mol. The van der Waals surface area contributed by atoms with Crippen LogP contribution in [0.2, 0.25) is 0 Å². The highest BCUT2D eigenvalue weighted by Crippen LogP contribution is 2.44. The second-order valence-electron chi connectivity index (χ2n) is 6.56. The molecule has 0 heterocycles. The standard InChI is InChI=1S/C21H25NO5/c1-22-17-6-4-12-8-13(10-23)16(11-24)21(27-3)20(12)14-5-7-19(26-2)18(25)9-15(14)17/h5,7-9,17,22-24H,4,6,10-11H2,1-3H3. The molecule has 0 aromatic heterocycles. The van der Waals surface area contributed by atoms with E-state index in [4.69, 9.17) is 9.47 Å². The molecule has 0 bridgehead atoms. The van der Waals surface area contributed by atoms with Crippen molar-refractivity contribution >= 4 is 0 Å². The fraction of sp³-hybridized carbons (Fsp3) is 0.381. The van der Waals surface area contributed by atoms with Crippen LogP contribution in [0, 0.1) is 0 Å². The largest absolute Gasteiger partial charge is 0.496 e. The average Bonchev–Trinajstić information content (AvgIpc) is 2.94. The first-order valence-corrected chi connectivity index (χ1v) is 8.92. The van der Waals surface area contributed by atoms with E-state index in [1.165, 1.54) is 7.11 Å². The van der Waals surface area contributed by atoms with Gasteiger partial charge in [0.1, 0.15) is 5.75 Å². The van der Waals surface area contributed by atoms with E-state index in [1.807, 2.05) is 19.2 Å². The first kappa shape index (κ1) is 19.4. The van der Waals surface area contributed by atoms with Crippen molar-refractivity contribution in [3.63, 3.8) is 0 Å². The van der Waals surface area contributed by atoms with Gasteiger partial charge in [0.05, 0.1) is 27.4 Å². The summed E-state index contributed by atoms with van der Waals surface area (Å²) >= 11 is 0. The van der Waals surface area contributed by atoms with Crippen molar-refractivity contribution in [2.24, 2.45) is 0 Å². The summed E-state index contributed by atoms with van der Waals surface area (Å²) in [5.41, 5.74) is 4.62. The Kier molecular flexibility index (Phi) is 5.79. The van der Waals surface area contributed by atoms with Gasteiger partial charge in [0.15, 0.2) is 5.75 Å². The second kappa shape index (κ2) is 8.08. The van der Waals surface area contributed by atoms with Crippen LogP contribution in [0.3, 0.4) is 0 Å². The van der Waals surface area contributed by atoms with Gasteiger partial charge in [-0.3, -0.25) is 4.79 Å². The highest BCUT2D eigenvalue weighted by Gasteiger charge is 2.27. The molecule has 0 radical (unpaired) electrons. The minimum absolute atomic E-state index is 0.0166. The van der Waals surface area contributed by atoms with E-state index in [0.717, 1.165) is 35.1 Å². The number of rotatable bonds is 5. The van der Waals surface area contributed by atoms with Gasteiger partial charge in [-0.15, -0.1) is 0 Å². The Hall–Kier alpha value is -2.41. The zero-order valence-corrected chi connectivity index (χ0v) is 15.8. The van der Waals surface area contributed by atoms with Crippen LogP contribution in [0.15, 0.2) is 29.1 Å². The maximum absolute atomic E-state index is 12.5. The fourth-order valence-corrected chi connectivity index (χ4v) is 3.91. The first-order chi connectivity index (χ1) is 13.1. The smallest absolute Gasteiger partial charge is 0.220 e. The van der Waals surface area contributed by atoms with E-state index < -0.39 is 0 Å². The van der Waals surface area contributed by atoms with Crippen LogP contribution in [0.1, 0.15) is 34.7 Å². The number of hydrogen-bond acceptors (Lipinski definition) is 6. The third-order valence-corrected chi connectivity index (χ3v) is 5.25. The lowest BCUT2D eigenvalue weighted by atomic mass is 9.91. The molecule has 3 rings (SSSR count). The van der Waals surface area contributed by atoms with Crippen molar-refractivity contribution in [3.05, 3.63) is 56.7 Å². The molecule has 0 spiro atoms. The molecular weight excluding hydrogens is 346 g/mol.